The lowest BCUT2D eigenvalue weighted by Gasteiger charge is -2.38. The zero-order valence-electron chi connectivity index (χ0n) is 75.2. The Kier molecular flexibility index (Phi) is 46.9. The molecule has 21 unspecified atom stereocenters. The Morgan fingerprint density at radius 3 is 1.20 bits per heavy atom. The molecule has 13 fully saturated rings. The van der Waals surface area contributed by atoms with Crippen LogP contribution in [0.5, 0.6) is 0 Å². The first-order valence-electron chi connectivity index (χ1n) is 43.9. The molecular weight excluding hydrogens is 1710 g/mol. The van der Waals surface area contributed by atoms with Gasteiger partial charge in [0.05, 0.1) is 82.3 Å². The lowest BCUT2D eigenvalue weighted by Crippen LogP contribution is -2.51. The van der Waals surface area contributed by atoms with E-state index >= 15 is 0 Å². The van der Waals surface area contributed by atoms with E-state index in [0.29, 0.717) is 77.0 Å². The molecular formula is C100H172O32. The summed E-state index contributed by atoms with van der Waals surface area (Å²) in [6.07, 6.45) is 8.66. The lowest BCUT2D eigenvalue weighted by molar-refractivity contribution is -0.202. The van der Waals surface area contributed by atoms with Crippen LogP contribution in [0.2, 0.25) is 0 Å². The predicted molar refractivity (Wildman–Crippen MR) is 492 cm³/mol. The molecule has 32 heteroatoms. The molecule has 0 spiro atoms. The van der Waals surface area contributed by atoms with Gasteiger partial charge in [0.25, 0.3) is 0 Å². The third-order valence-corrected chi connectivity index (χ3v) is 28.3. The molecule has 764 valence electrons. The van der Waals surface area contributed by atoms with Gasteiger partial charge in [0, 0.05) is 48.3 Å². The van der Waals surface area contributed by atoms with E-state index in [1.165, 1.54) is 27.7 Å². The first-order valence-corrected chi connectivity index (χ1v) is 43.9. The maximum atomic E-state index is 12.6. The van der Waals surface area contributed by atoms with E-state index in [9.17, 15) is 76.7 Å². The molecule has 5 saturated heterocycles. The Bertz CT molecular complexity index is 3960. The maximum Gasteiger partial charge on any atom is 0.350 e. The van der Waals surface area contributed by atoms with Gasteiger partial charge in [-0.1, -0.05) is 109 Å². The fourth-order valence-corrected chi connectivity index (χ4v) is 17.8. The minimum atomic E-state index is -1.40. The molecule has 13 aliphatic rings. The highest BCUT2D eigenvalue weighted by atomic mass is 16.7. The second kappa shape index (κ2) is 49.3. The molecule has 132 heavy (non-hydrogen) atoms. The quantitative estimate of drug-likeness (QED) is 0.0353. The summed E-state index contributed by atoms with van der Waals surface area (Å²) < 4.78 is 85.8. The molecule has 8 saturated carbocycles. The van der Waals surface area contributed by atoms with Crippen molar-refractivity contribution in [1.82, 2.24) is 0 Å². The summed E-state index contributed by atoms with van der Waals surface area (Å²) in [6, 6.07) is 0. The van der Waals surface area contributed by atoms with E-state index in [-0.39, 0.29) is 270 Å². The van der Waals surface area contributed by atoms with E-state index in [0.717, 1.165) is 32.1 Å². The smallest absolute Gasteiger partial charge is 0.350 e. The second-order valence-electron chi connectivity index (χ2n) is 39.8. The standard InChI is InChI=1S/C20H28O8.C18H26O6.C18H28O6.C17H24O6.C17H26O6.10CH4/c1-4-20(2,3)19(24)26-8-7-25-14(21)5-6-15(22)27-16-11-9-12-13(10-11)18(23)28-17(12)16;1-5-17(2,3)16(21)22-7-6-13(19)24-18(4)10-8-11-12(9-10)15(20)23-14(11)18;1-7-16(2,3)14(20)23-17(4,5)15(21)24-18(6)9-8-11-10-12(18)22-13(11)19;1-4-17(2,3)16(20)21-6-5-12(18)22-13-9-7-10-11(8-9)15(19)23-14(10)13;1-6-16(2,3)14(19)23-17(4,5)15(20)22-11-8-7-10-9-12(11)21-13(10)18;;;;;;;;;;/h11-13,16-17H,4-10H2,1-3H3;10-12,14H,5-9H2,1-4H3;11-12H,7-10H2,1-6H3;9-11,13-14H,4-8H2,1-3H3;10-12H,6-9H2,1-5H3;10*1H4. The van der Waals surface area contributed by atoms with Crippen LogP contribution in [0.3, 0.4) is 0 Å². The molecule has 5 aliphatic heterocycles. The number of carbonyl (C=O) groups excluding carboxylic acids is 16. The molecule has 10 bridgehead atoms. The SMILES string of the molecule is C.C.C.C.C.C.C.C.C.C.CCC(C)(C)C(=O)OC(C)(C)C(=O)OC1(C)CCC2CC1OC2=O.CCC(C)(C)C(=O)OC(C)(C)C(=O)OC1CCC2CC1OC2=O.CCC(C)(C)C(=O)OCCC(=O)OC1(C)C2CC3C(=O)OC1C3C2.CCC(C)(C)C(=O)OCCC(=O)OC1C2CC3C(=O)OC1C3C2.CCC(C)(C)C(=O)OCCOC(=O)CCC(=O)OC1C2CC3C(=O)OC1C3C2. The fraction of sp³-hybridized carbons (Fsp3) is 0.840. The van der Waals surface area contributed by atoms with Crippen molar-refractivity contribution in [3.05, 3.63) is 0 Å². The molecule has 8 aliphatic carbocycles. The maximum absolute atomic E-state index is 12.6. The Morgan fingerprint density at radius 1 is 0.348 bits per heavy atom. The molecule has 0 aromatic heterocycles. The van der Waals surface area contributed by atoms with Crippen LogP contribution in [0.1, 0.15) is 355 Å². The number of hydrogen-bond donors (Lipinski definition) is 0. The molecule has 0 aromatic rings. The lowest BCUT2D eigenvalue weighted by atomic mass is 9.79. The van der Waals surface area contributed by atoms with Crippen LogP contribution in [0.15, 0.2) is 0 Å². The summed E-state index contributed by atoms with van der Waals surface area (Å²) in [6.45, 7) is 37.1. The number of rotatable bonds is 31. The Balaban J connectivity index is 0. The largest absolute Gasteiger partial charge is 0.465 e. The third kappa shape index (κ3) is 28.4. The average molecular weight is 1890 g/mol. The van der Waals surface area contributed by atoms with Gasteiger partial charge in [-0.2, -0.15) is 0 Å². The van der Waals surface area contributed by atoms with E-state index in [1.54, 1.807) is 48.5 Å². The van der Waals surface area contributed by atoms with Crippen LogP contribution in [0, 0.1) is 92.2 Å². The molecule has 32 nitrogen and oxygen atoms in total. The summed E-state index contributed by atoms with van der Waals surface area (Å²) in [4.78, 5) is 191. The van der Waals surface area contributed by atoms with Crippen LogP contribution in [-0.2, 0) is 153 Å². The Morgan fingerprint density at radius 2 is 0.735 bits per heavy atom. The van der Waals surface area contributed by atoms with Crippen molar-refractivity contribution in [2.24, 2.45) is 92.2 Å². The number of ether oxygens (including phenoxy) is 16. The third-order valence-electron chi connectivity index (χ3n) is 28.3. The van der Waals surface area contributed by atoms with E-state index in [4.69, 9.17) is 75.8 Å². The second-order valence-corrected chi connectivity index (χ2v) is 39.8. The molecule has 21 atom stereocenters. The monoisotopic (exact) mass is 1890 g/mol. The zero-order valence-corrected chi connectivity index (χ0v) is 75.2. The van der Waals surface area contributed by atoms with Gasteiger partial charge in [0.1, 0.15) is 86.5 Å². The van der Waals surface area contributed by atoms with Crippen molar-refractivity contribution in [2.45, 2.75) is 426 Å². The van der Waals surface area contributed by atoms with Crippen molar-refractivity contribution in [3.8, 4) is 0 Å². The van der Waals surface area contributed by atoms with Gasteiger partial charge in [0.2, 0.25) is 11.2 Å². The van der Waals surface area contributed by atoms with Crippen molar-refractivity contribution in [2.75, 3.05) is 26.4 Å². The first kappa shape index (κ1) is 126. The highest BCUT2D eigenvalue weighted by Crippen LogP contribution is 2.61. The van der Waals surface area contributed by atoms with Gasteiger partial charge < -0.3 is 75.8 Å². The summed E-state index contributed by atoms with van der Waals surface area (Å²) in [5.41, 5.74) is -7.36. The van der Waals surface area contributed by atoms with Crippen LogP contribution >= 0.6 is 0 Å². The van der Waals surface area contributed by atoms with E-state index < -0.39 is 116 Å². The van der Waals surface area contributed by atoms with Crippen LogP contribution in [0.4, 0.5) is 0 Å². The highest BCUT2D eigenvalue weighted by molar-refractivity contribution is 5.87. The van der Waals surface area contributed by atoms with Crippen LogP contribution in [-0.4, -0.2) is 193 Å². The average Bonchev–Trinajstić information content (AvgIpc) is 1.55. The van der Waals surface area contributed by atoms with Crippen LogP contribution < -0.4 is 0 Å². The zero-order chi connectivity index (χ0) is 90.7. The molecule has 5 heterocycles. The summed E-state index contributed by atoms with van der Waals surface area (Å²) in [5.74, 6) is -4.83. The first-order chi connectivity index (χ1) is 56.7. The van der Waals surface area contributed by atoms with Gasteiger partial charge in [0.15, 0.2) is 0 Å². The van der Waals surface area contributed by atoms with Crippen molar-refractivity contribution >= 4 is 95.5 Å². The Hall–Kier alpha value is -8.48. The fourth-order valence-electron chi connectivity index (χ4n) is 17.8. The van der Waals surface area contributed by atoms with Gasteiger partial charge in [-0.25, -0.2) is 9.59 Å². The van der Waals surface area contributed by atoms with Crippen molar-refractivity contribution in [1.29, 1.82) is 0 Å². The minimum absolute atomic E-state index is 0. The minimum Gasteiger partial charge on any atom is -0.465 e. The number of fused-ring (bicyclic) bond motifs is 7. The molecule has 0 amide bonds. The van der Waals surface area contributed by atoms with Gasteiger partial charge in [-0.15, -0.1) is 0 Å². The summed E-state index contributed by atoms with van der Waals surface area (Å²) in [5, 5.41) is 0. The van der Waals surface area contributed by atoms with Crippen LogP contribution in [0.25, 0.3) is 0 Å². The van der Waals surface area contributed by atoms with E-state index in [1.807, 2.05) is 69.2 Å². The molecule has 0 aromatic carbocycles. The predicted octanol–water partition coefficient (Wildman–Crippen LogP) is 17.4. The molecule has 0 N–H and O–H groups in total. The van der Waals surface area contributed by atoms with Crippen molar-refractivity contribution < 1.29 is 153 Å². The highest BCUT2D eigenvalue weighted by Gasteiger charge is 2.70. The topological polar surface area (TPSA) is 421 Å². The van der Waals surface area contributed by atoms with Crippen molar-refractivity contribution in [3.63, 3.8) is 0 Å². The molecule has 13 rings (SSSR count). The van der Waals surface area contributed by atoms with E-state index in [2.05, 4.69) is 0 Å². The normalized spacial score (nSPS) is 29.2. The number of carbonyl (C=O) groups is 16. The molecule has 0 radical (unpaired) electrons. The van der Waals surface area contributed by atoms with Gasteiger partial charge >= 0.3 is 95.5 Å². The van der Waals surface area contributed by atoms with Gasteiger partial charge in [-0.3, -0.25) is 67.1 Å². The van der Waals surface area contributed by atoms with Gasteiger partial charge in [-0.05, 0) is 207 Å². The number of hydrogen-bond acceptors (Lipinski definition) is 32. The number of esters is 16. The Labute approximate surface area is 788 Å². The summed E-state index contributed by atoms with van der Waals surface area (Å²) in [7, 11) is 0. The summed E-state index contributed by atoms with van der Waals surface area (Å²) >= 11 is 0.